The van der Waals surface area contributed by atoms with Crippen LogP contribution in [0.1, 0.15) is 58.1 Å². The molecule has 0 radical (unpaired) electrons. The molecule has 8 heteroatoms. The topological polar surface area (TPSA) is 114 Å². The summed E-state index contributed by atoms with van der Waals surface area (Å²) in [6.45, 7) is 8.42. The predicted molar refractivity (Wildman–Crippen MR) is 128 cm³/mol. The van der Waals surface area contributed by atoms with Crippen LogP contribution in [0.3, 0.4) is 0 Å². The third-order valence-electron chi connectivity index (χ3n) is 5.94. The van der Waals surface area contributed by atoms with Gasteiger partial charge in [-0.15, -0.1) is 0 Å². The number of benzene rings is 2. The maximum absolute atomic E-state index is 12.8. The summed E-state index contributed by atoms with van der Waals surface area (Å²) in [6.07, 6.45) is -1.89. The molecule has 3 rings (SSSR count). The van der Waals surface area contributed by atoms with Crippen LogP contribution in [0.25, 0.3) is 11.1 Å². The molecule has 0 bridgehead atoms. The average Bonchev–Trinajstić information content (AvgIpc) is 3.04. The number of hydrogen-bond acceptors (Lipinski definition) is 5. The molecule has 0 fully saturated rings. The smallest absolute Gasteiger partial charge is 0.407 e. The standard InChI is InChI=1S/C26H32N2O6/c1-16(27-23(31)34-25(2,3)4)26(5,14-22(29)30)28-24(32)33-15-21-19-12-8-6-10-17(19)18-11-7-9-13-20(18)21/h6-13,16,21H,14-15H2,1-5H3,(H,27,31)(H,28,32)(H,29,30). The predicted octanol–water partition coefficient (Wildman–Crippen LogP) is 4.67. The summed E-state index contributed by atoms with van der Waals surface area (Å²) in [7, 11) is 0. The van der Waals surface area contributed by atoms with E-state index in [1.54, 1.807) is 34.6 Å². The number of fused-ring (bicyclic) bond motifs is 3. The summed E-state index contributed by atoms with van der Waals surface area (Å²) in [5, 5.41) is 14.7. The van der Waals surface area contributed by atoms with E-state index in [0.29, 0.717) is 0 Å². The Bertz CT molecular complexity index is 1030. The normalized spacial score (nSPS) is 15.3. The van der Waals surface area contributed by atoms with E-state index < -0.39 is 41.8 Å². The number of ether oxygens (including phenoxy) is 2. The van der Waals surface area contributed by atoms with Crippen LogP contribution in [0.2, 0.25) is 0 Å². The minimum atomic E-state index is -1.31. The molecule has 1 aliphatic rings. The number of amides is 2. The molecule has 0 spiro atoms. The summed E-state index contributed by atoms with van der Waals surface area (Å²) in [5.41, 5.74) is 2.34. The van der Waals surface area contributed by atoms with Crippen molar-refractivity contribution in [1.29, 1.82) is 0 Å². The van der Waals surface area contributed by atoms with Gasteiger partial charge in [0, 0.05) is 5.92 Å². The molecule has 1 aliphatic carbocycles. The van der Waals surface area contributed by atoms with Crippen molar-refractivity contribution in [3.05, 3.63) is 59.7 Å². The Hall–Kier alpha value is -3.55. The van der Waals surface area contributed by atoms with Gasteiger partial charge in [0.15, 0.2) is 0 Å². The zero-order valence-corrected chi connectivity index (χ0v) is 20.2. The van der Waals surface area contributed by atoms with Crippen LogP contribution >= 0.6 is 0 Å². The van der Waals surface area contributed by atoms with Gasteiger partial charge in [-0.3, -0.25) is 4.79 Å². The zero-order chi connectivity index (χ0) is 25.1. The van der Waals surface area contributed by atoms with Crippen molar-refractivity contribution in [2.45, 2.75) is 64.1 Å². The molecule has 0 aromatic heterocycles. The van der Waals surface area contributed by atoms with Gasteiger partial charge in [0.05, 0.1) is 18.0 Å². The summed E-state index contributed by atoms with van der Waals surface area (Å²) in [4.78, 5) is 36.5. The molecule has 0 saturated carbocycles. The van der Waals surface area contributed by atoms with Crippen molar-refractivity contribution >= 4 is 18.2 Å². The first-order valence-electron chi connectivity index (χ1n) is 11.2. The molecular formula is C26H32N2O6. The van der Waals surface area contributed by atoms with Crippen molar-refractivity contribution in [3.63, 3.8) is 0 Å². The number of carbonyl (C=O) groups is 3. The highest BCUT2D eigenvalue weighted by Crippen LogP contribution is 2.44. The lowest BCUT2D eigenvalue weighted by atomic mass is 9.89. The van der Waals surface area contributed by atoms with Gasteiger partial charge in [0.1, 0.15) is 12.2 Å². The molecule has 2 amide bonds. The van der Waals surface area contributed by atoms with Gasteiger partial charge in [-0.25, -0.2) is 9.59 Å². The van der Waals surface area contributed by atoms with Crippen molar-refractivity contribution in [3.8, 4) is 11.1 Å². The van der Waals surface area contributed by atoms with E-state index in [4.69, 9.17) is 9.47 Å². The van der Waals surface area contributed by atoms with Crippen molar-refractivity contribution in [2.75, 3.05) is 6.61 Å². The van der Waals surface area contributed by atoms with E-state index in [2.05, 4.69) is 10.6 Å². The number of aliphatic carboxylic acids is 1. The van der Waals surface area contributed by atoms with Crippen LogP contribution < -0.4 is 10.6 Å². The third kappa shape index (κ3) is 5.87. The fourth-order valence-corrected chi connectivity index (χ4v) is 4.13. The Labute approximate surface area is 199 Å². The highest BCUT2D eigenvalue weighted by atomic mass is 16.6. The van der Waals surface area contributed by atoms with Crippen molar-refractivity contribution < 1.29 is 29.0 Å². The fourth-order valence-electron chi connectivity index (χ4n) is 4.13. The van der Waals surface area contributed by atoms with E-state index in [-0.39, 0.29) is 12.5 Å². The lowest BCUT2D eigenvalue weighted by molar-refractivity contribution is -0.138. The van der Waals surface area contributed by atoms with Gasteiger partial charge in [-0.1, -0.05) is 48.5 Å². The second kappa shape index (κ2) is 9.75. The highest BCUT2D eigenvalue weighted by Gasteiger charge is 2.38. The maximum atomic E-state index is 12.8. The molecule has 0 saturated heterocycles. The Morgan fingerprint density at radius 1 is 0.941 bits per heavy atom. The van der Waals surface area contributed by atoms with Gasteiger partial charge < -0.3 is 25.2 Å². The van der Waals surface area contributed by atoms with Crippen LogP contribution in [0.4, 0.5) is 9.59 Å². The lowest BCUT2D eigenvalue weighted by Gasteiger charge is -2.35. The summed E-state index contributed by atoms with van der Waals surface area (Å²) < 4.78 is 10.8. The Kier molecular flexibility index (Phi) is 7.19. The number of carbonyl (C=O) groups excluding carboxylic acids is 2. The first-order chi connectivity index (χ1) is 15.9. The number of carboxylic acid groups (broad SMARTS) is 1. The summed E-state index contributed by atoms with van der Waals surface area (Å²) in [5.74, 6) is -1.25. The molecular weight excluding hydrogens is 436 g/mol. The zero-order valence-electron chi connectivity index (χ0n) is 20.2. The van der Waals surface area contributed by atoms with E-state index in [1.165, 1.54) is 0 Å². The minimum Gasteiger partial charge on any atom is -0.481 e. The monoisotopic (exact) mass is 468 g/mol. The Morgan fingerprint density at radius 3 is 1.97 bits per heavy atom. The molecule has 3 N–H and O–H groups in total. The van der Waals surface area contributed by atoms with Gasteiger partial charge in [-0.2, -0.15) is 0 Å². The van der Waals surface area contributed by atoms with Crippen LogP contribution in [0.15, 0.2) is 48.5 Å². The average molecular weight is 469 g/mol. The first-order valence-corrected chi connectivity index (χ1v) is 11.2. The molecule has 182 valence electrons. The van der Waals surface area contributed by atoms with E-state index >= 15 is 0 Å². The Morgan fingerprint density at radius 2 is 1.47 bits per heavy atom. The van der Waals surface area contributed by atoms with Gasteiger partial charge in [0.2, 0.25) is 0 Å². The quantitative estimate of drug-likeness (QED) is 0.544. The van der Waals surface area contributed by atoms with Crippen molar-refractivity contribution in [2.24, 2.45) is 0 Å². The first kappa shape index (κ1) is 25.1. The second-order valence-electron chi connectivity index (χ2n) is 9.81. The number of carboxylic acids is 1. The second-order valence-corrected chi connectivity index (χ2v) is 9.81. The van der Waals surface area contributed by atoms with Gasteiger partial charge >= 0.3 is 18.2 Å². The van der Waals surface area contributed by atoms with Gasteiger partial charge in [0.25, 0.3) is 0 Å². The number of hydrogen-bond donors (Lipinski definition) is 3. The molecule has 8 nitrogen and oxygen atoms in total. The van der Waals surface area contributed by atoms with Gasteiger partial charge in [-0.05, 0) is 56.9 Å². The summed E-state index contributed by atoms with van der Waals surface area (Å²) >= 11 is 0. The largest absolute Gasteiger partial charge is 0.481 e. The highest BCUT2D eigenvalue weighted by molar-refractivity contribution is 5.79. The Balaban J connectivity index is 1.70. The molecule has 2 aromatic rings. The van der Waals surface area contributed by atoms with Crippen molar-refractivity contribution in [1.82, 2.24) is 10.6 Å². The fraction of sp³-hybridized carbons (Fsp3) is 0.423. The lowest BCUT2D eigenvalue weighted by Crippen LogP contribution is -2.60. The van der Waals surface area contributed by atoms with E-state index in [9.17, 15) is 19.5 Å². The number of nitrogens with one attached hydrogen (secondary N) is 2. The summed E-state index contributed by atoms with van der Waals surface area (Å²) in [6, 6.07) is 15.2. The van der Waals surface area contributed by atoms with Crippen LogP contribution in [-0.2, 0) is 14.3 Å². The molecule has 34 heavy (non-hydrogen) atoms. The van der Waals surface area contributed by atoms with Crippen LogP contribution in [0.5, 0.6) is 0 Å². The molecule has 0 heterocycles. The number of alkyl carbamates (subject to hydrolysis) is 2. The van der Waals surface area contributed by atoms with E-state index in [0.717, 1.165) is 22.3 Å². The minimum absolute atomic E-state index is 0.0941. The molecule has 2 unspecified atom stereocenters. The van der Waals surface area contributed by atoms with E-state index in [1.807, 2.05) is 48.5 Å². The number of rotatable bonds is 7. The maximum Gasteiger partial charge on any atom is 0.407 e. The molecule has 2 aromatic carbocycles. The molecule has 0 aliphatic heterocycles. The third-order valence-corrected chi connectivity index (χ3v) is 5.94. The van der Waals surface area contributed by atoms with Crippen LogP contribution in [-0.4, -0.2) is 47.1 Å². The SMILES string of the molecule is CC(NC(=O)OC(C)(C)C)C(C)(CC(=O)O)NC(=O)OCC1c2ccccc2-c2ccccc21. The molecule has 2 atom stereocenters. The van der Waals surface area contributed by atoms with Crippen LogP contribution in [0, 0.1) is 0 Å².